The van der Waals surface area contributed by atoms with Crippen LogP contribution in [0.1, 0.15) is 30.4 Å². The second-order valence-corrected chi connectivity index (χ2v) is 6.34. The zero-order valence-corrected chi connectivity index (χ0v) is 11.7. The molecule has 0 N–H and O–H groups in total. The molecule has 4 rings (SSSR count). The van der Waals surface area contributed by atoms with Crippen molar-refractivity contribution in [1.82, 2.24) is 4.90 Å². The second-order valence-electron chi connectivity index (χ2n) is 5.56. The first-order valence-electron chi connectivity index (χ1n) is 6.48. The van der Waals surface area contributed by atoms with Gasteiger partial charge in [0.05, 0.1) is 10.7 Å². The SMILES string of the molecule is Cc1c(Cl)cc2c(c1Cl)CN1C(=N2)C2CCC1C2. The normalized spacial score (nSPS) is 28.2. The third kappa shape index (κ3) is 1.33. The van der Waals surface area contributed by atoms with Gasteiger partial charge in [-0.05, 0) is 37.8 Å². The molecule has 2 aliphatic heterocycles. The van der Waals surface area contributed by atoms with E-state index < -0.39 is 0 Å². The van der Waals surface area contributed by atoms with E-state index in [1.165, 1.54) is 25.1 Å². The average Bonchev–Trinajstić information content (AvgIpc) is 2.96. The van der Waals surface area contributed by atoms with Gasteiger partial charge >= 0.3 is 0 Å². The molecule has 1 aromatic carbocycles. The molecule has 1 saturated carbocycles. The lowest BCUT2D eigenvalue weighted by Crippen LogP contribution is -2.38. The van der Waals surface area contributed by atoms with Crippen LogP contribution in [0.15, 0.2) is 11.1 Å². The number of aliphatic imine (C=N–C) groups is 1. The van der Waals surface area contributed by atoms with Crippen molar-refractivity contribution in [2.24, 2.45) is 10.9 Å². The summed E-state index contributed by atoms with van der Waals surface area (Å²) in [5.74, 6) is 1.94. The van der Waals surface area contributed by atoms with Crippen LogP contribution in [0.2, 0.25) is 10.0 Å². The van der Waals surface area contributed by atoms with Gasteiger partial charge in [-0.2, -0.15) is 0 Å². The summed E-state index contributed by atoms with van der Waals surface area (Å²) in [6, 6.07) is 2.66. The Morgan fingerprint density at radius 3 is 3.00 bits per heavy atom. The Kier molecular flexibility index (Phi) is 2.25. The minimum absolute atomic E-state index is 0.669. The van der Waals surface area contributed by atoms with Crippen LogP contribution in [0.4, 0.5) is 5.69 Å². The molecule has 0 aromatic heterocycles. The number of fused-ring (bicyclic) bond motifs is 6. The summed E-state index contributed by atoms with van der Waals surface area (Å²) in [5.41, 5.74) is 3.10. The van der Waals surface area contributed by atoms with Crippen molar-refractivity contribution < 1.29 is 0 Å². The Balaban J connectivity index is 1.89. The molecule has 3 aliphatic rings. The first-order chi connectivity index (χ1) is 8.65. The van der Waals surface area contributed by atoms with E-state index in [2.05, 4.69) is 4.90 Å². The molecule has 2 fully saturated rings. The molecule has 2 atom stereocenters. The lowest BCUT2D eigenvalue weighted by molar-refractivity contribution is 0.317. The van der Waals surface area contributed by atoms with Gasteiger partial charge in [0.15, 0.2) is 0 Å². The molecule has 0 radical (unpaired) electrons. The zero-order chi connectivity index (χ0) is 12.4. The van der Waals surface area contributed by atoms with Gasteiger partial charge in [0, 0.05) is 29.1 Å². The summed E-state index contributed by atoms with van der Waals surface area (Å²) in [6.07, 6.45) is 3.88. The minimum Gasteiger partial charge on any atom is -0.352 e. The van der Waals surface area contributed by atoms with Gasteiger partial charge in [-0.25, -0.2) is 4.99 Å². The lowest BCUT2D eigenvalue weighted by Gasteiger charge is -2.34. The number of rotatable bonds is 0. The van der Waals surface area contributed by atoms with Gasteiger partial charge in [0.2, 0.25) is 0 Å². The fourth-order valence-electron chi connectivity index (χ4n) is 3.57. The molecule has 18 heavy (non-hydrogen) atoms. The number of nitrogens with zero attached hydrogens (tertiary/aromatic N) is 2. The maximum Gasteiger partial charge on any atom is 0.109 e. The maximum atomic E-state index is 6.43. The molecule has 2 bridgehead atoms. The molecule has 94 valence electrons. The van der Waals surface area contributed by atoms with Gasteiger partial charge < -0.3 is 4.90 Å². The van der Waals surface area contributed by atoms with Crippen LogP contribution >= 0.6 is 23.2 Å². The number of hydrogen-bond donors (Lipinski definition) is 0. The Morgan fingerprint density at radius 2 is 2.17 bits per heavy atom. The van der Waals surface area contributed by atoms with E-state index in [0.29, 0.717) is 12.0 Å². The van der Waals surface area contributed by atoms with Crippen molar-refractivity contribution in [2.45, 2.75) is 38.8 Å². The summed E-state index contributed by atoms with van der Waals surface area (Å²) in [6.45, 7) is 2.88. The highest BCUT2D eigenvalue weighted by Crippen LogP contribution is 2.46. The van der Waals surface area contributed by atoms with Crippen LogP contribution in [0, 0.1) is 12.8 Å². The number of hydrogen-bond acceptors (Lipinski definition) is 2. The van der Waals surface area contributed by atoms with Crippen molar-refractivity contribution in [3.8, 4) is 0 Å². The van der Waals surface area contributed by atoms with Crippen LogP contribution in [0.3, 0.4) is 0 Å². The van der Waals surface area contributed by atoms with Crippen LogP contribution < -0.4 is 0 Å². The summed E-state index contributed by atoms with van der Waals surface area (Å²) in [4.78, 5) is 7.28. The highest BCUT2D eigenvalue weighted by atomic mass is 35.5. The summed E-state index contributed by atoms with van der Waals surface area (Å²) < 4.78 is 0. The summed E-state index contributed by atoms with van der Waals surface area (Å²) in [7, 11) is 0. The molecule has 4 heteroatoms. The smallest absolute Gasteiger partial charge is 0.109 e. The van der Waals surface area contributed by atoms with E-state index in [0.717, 1.165) is 33.4 Å². The fraction of sp³-hybridized carbons (Fsp3) is 0.500. The molecule has 0 spiro atoms. The van der Waals surface area contributed by atoms with E-state index in [-0.39, 0.29) is 0 Å². The molecule has 2 heterocycles. The predicted octanol–water partition coefficient (Wildman–Crippen LogP) is 4.33. The topological polar surface area (TPSA) is 15.6 Å². The largest absolute Gasteiger partial charge is 0.352 e. The van der Waals surface area contributed by atoms with Crippen LogP contribution in [0.25, 0.3) is 0 Å². The third-order valence-electron chi connectivity index (χ3n) is 4.59. The van der Waals surface area contributed by atoms with Crippen molar-refractivity contribution in [1.29, 1.82) is 0 Å². The first-order valence-corrected chi connectivity index (χ1v) is 7.23. The average molecular weight is 281 g/mol. The Labute approximate surface area is 117 Å². The number of benzene rings is 1. The van der Waals surface area contributed by atoms with Gasteiger partial charge in [0.1, 0.15) is 5.84 Å². The van der Waals surface area contributed by atoms with Crippen LogP contribution in [-0.2, 0) is 6.54 Å². The predicted molar refractivity (Wildman–Crippen MR) is 75.0 cm³/mol. The Morgan fingerprint density at radius 1 is 1.33 bits per heavy atom. The van der Waals surface area contributed by atoms with Crippen molar-refractivity contribution in [2.75, 3.05) is 0 Å². The van der Waals surface area contributed by atoms with Crippen molar-refractivity contribution >= 4 is 34.7 Å². The first kappa shape index (κ1) is 11.1. The monoisotopic (exact) mass is 280 g/mol. The zero-order valence-electron chi connectivity index (χ0n) is 10.2. The number of amidine groups is 1. The molecule has 0 amide bonds. The van der Waals surface area contributed by atoms with Crippen LogP contribution in [0.5, 0.6) is 0 Å². The highest BCUT2D eigenvalue weighted by molar-refractivity contribution is 6.37. The van der Waals surface area contributed by atoms with E-state index in [1.54, 1.807) is 0 Å². The van der Waals surface area contributed by atoms with Crippen LogP contribution in [-0.4, -0.2) is 16.8 Å². The minimum atomic E-state index is 0.669. The summed E-state index contributed by atoms with van der Waals surface area (Å²) >= 11 is 12.6. The molecular weight excluding hydrogens is 267 g/mol. The van der Waals surface area contributed by atoms with E-state index in [1.807, 2.05) is 13.0 Å². The molecule has 2 unspecified atom stereocenters. The molecule has 2 nitrogen and oxygen atoms in total. The standard InChI is InChI=1S/C14H14Cl2N2/c1-7-11(15)5-12-10(13(7)16)6-18-9-3-2-8(4-9)14(18)17-12/h5,8-9H,2-4,6H2,1H3. The maximum absolute atomic E-state index is 6.43. The van der Waals surface area contributed by atoms with Crippen molar-refractivity contribution in [3.05, 3.63) is 27.2 Å². The quantitative estimate of drug-likeness (QED) is 0.691. The highest BCUT2D eigenvalue weighted by Gasteiger charge is 2.44. The number of piperidine rings is 1. The Bertz CT molecular complexity index is 580. The van der Waals surface area contributed by atoms with E-state index >= 15 is 0 Å². The second kappa shape index (κ2) is 3.64. The molecular formula is C14H14Cl2N2. The third-order valence-corrected chi connectivity index (χ3v) is 5.50. The molecule has 1 saturated heterocycles. The molecule has 1 aromatic rings. The summed E-state index contributed by atoms with van der Waals surface area (Å²) in [5, 5.41) is 1.52. The van der Waals surface area contributed by atoms with E-state index in [9.17, 15) is 0 Å². The number of halogens is 2. The van der Waals surface area contributed by atoms with Gasteiger partial charge in [0.25, 0.3) is 0 Å². The molecule has 1 aliphatic carbocycles. The Hall–Kier alpha value is -0.730. The lowest BCUT2D eigenvalue weighted by atomic mass is 10.0. The van der Waals surface area contributed by atoms with E-state index in [4.69, 9.17) is 28.2 Å². The fourth-order valence-corrected chi connectivity index (χ4v) is 4.07. The van der Waals surface area contributed by atoms with Crippen molar-refractivity contribution in [3.63, 3.8) is 0 Å². The van der Waals surface area contributed by atoms with Gasteiger partial charge in [-0.1, -0.05) is 23.2 Å². The van der Waals surface area contributed by atoms with Gasteiger partial charge in [-0.3, -0.25) is 0 Å². The van der Waals surface area contributed by atoms with Gasteiger partial charge in [-0.15, -0.1) is 0 Å².